The maximum atomic E-state index is 13.7. The van der Waals surface area contributed by atoms with E-state index in [1.54, 1.807) is 37.4 Å². The topological polar surface area (TPSA) is 57.8 Å². The van der Waals surface area contributed by atoms with Crippen molar-refractivity contribution in [2.24, 2.45) is 0 Å². The third-order valence-corrected chi connectivity index (χ3v) is 3.10. The Labute approximate surface area is 114 Å². The largest absolute Gasteiger partial charge is 0.335 e. The minimum atomic E-state index is -0.451. The summed E-state index contributed by atoms with van der Waals surface area (Å²) in [5, 5.41) is 3.42. The molecule has 2 aromatic heterocycles. The monoisotopic (exact) mass is 269 g/mol. The molecule has 3 aromatic rings. The van der Waals surface area contributed by atoms with Crippen LogP contribution >= 0.6 is 0 Å². The Bertz CT molecular complexity index is 741. The minimum Gasteiger partial charge on any atom is -0.335 e. The van der Waals surface area contributed by atoms with Gasteiger partial charge >= 0.3 is 0 Å². The number of fused-ring (bicyclic) bond motifs is 1. The van der Waals surface area contributed by atoms with Crippen LogP contribution in [0.1, 0.15) is 16.1 Å². The number of H-pyrrole nitrogens is 1. The van der Waals surface area contributed by atoms with E-state index in [2.05, 4.69) is 15.3 Å². The summed E-state index contributed by atoms with van der Waals surface area (Å²) in [6, 6.07) is 9.99. The van der Waals surface area contributed by atoms with Gasteiger partial charge in [-0.2, -0.15) is 0 Å². The van der Waals surface area contributed by atoms with Gasteiger partial charge in [0.25, 0.3) is 5.91 Å². The van der Waals surface area contributed by atoms with Crippen LogP contribution < -0.4 is 5.32 Å². The summed E-state index contributed by atoms with van der Waals surface area (Å²) in [4.78, 5) is 19.2. The number of aryl methyl sites for hydroxylation is 1. The van der Waals surface area contributed by atoms with Crippen molar-refractivity contribution in [2.75, 3.05) is 5.32 Å². The predicted octanol–water partition coefficient (Wildman–Crippen LogP) is 3.26. The number of rotatable bonds is 2. The Balaban J connectivity index is 1.93. The number of anilines is 1. The van der Waals surface area contributed by atoms with Crippen molar-refractivity contribution in [2.45, 2.75) is 6.92 Å². The Morgan fingerprint density at radius 3 is 2.90 bits per heavy atom. The van der Waals surface area contributed by atoms with Crippen LogP contribution in [0.3, 0.4) is 0 Å². The number of aromatic amines is 1. The highest BCUT2D eigenvalue weighted by atomic mass is 19.1. The van der Waals surface area contributed by atoms with E-state index in [1.165, 1.54) is 6.07 Å². The van der Waals surface area contributed by atoms with Gasteiger partial charge in [0.1, 0.15) is 17.2 Å². The first-order valence-electron chi connectivity index (χ1n) is 6.15. The molecule has 1 aromatic carbocycles. The van der Waals surface area contributed by atoms with Crippen molar-refractivity contribution in [3.63, 3.8) is 0 Å². The number of carbonyl (C=O) groups is 1. The number of nitrogens with zero attached hydrogens (tertiary/aromatic N) is 1. The molecule has 0 aliphatic rings. The zero-order valence-electron chi connectivity index (χ0n) is 10.8. The molecule has 0 aliphatic carbocycles. The van der Waals surface area contributed by atoms with Crippen LogP contribution in [0.25, 0.3) is 11.0 Å². The van der Waals surface area contributed by atoms with E-state index in [1.807, 2.05) is 6.07 Å². The molecule has 0 saturated heterocycles. The fourth-order valence-electron chi connectivity index (χ4n) is 2.05. The average Bonchev–Trinajstić information content (AvgIpc) is 2.87. The number of nitrogens with one attached hydrogen (secondary N) is 2. The van der Waals surface area contributed by atoms with Crippen molar-refractivity contribution in [3.8, 4) is 0 Å². The standard InChI is InChI=1S/C15H12FN3O/c1-9-4-2-6-11(16)13(9)19-15(20)12-8-10-5-3-7-17-14(10)18-12/h2-8H,1H3,(H,17,18)(H,19,20). The first kappa shape index (κ1) is 12.3. The number of hydrogen-bond donors (Lipinski definition) is 2. The number of pyridine rings is 1. The van der Waals surface area contributed by atoms with Gasteiger partial charge in [0.15, 0.2) is 0 Å². The van der Waals surface area contributed by atoms with Gasteiger partial charge in [0, 0.05) is 11.6 Å². The molecule has 2 N–H and O–H groups in total. The van der Waals surface area contributed by atoms with Gasteiger partial charge < -0.3 is 10.3 Å². The van der Waals surface area contributed by atoms with Crippen molar-refractivity contribution >= 4 is 22.6 Å². The normalized spacial score (nSPS) is 10.7. The summed E-state index contributed by atoms with van der Waals surface area (Å²) in [7, 11) is 0. The molecule has 2 heterocycles. The quantitative estimate of drug-likeness (QED) is 0.750. The molecule has 0 bridgehead atoms. The Kier molecular flexibility index (Phi) is 2.95. The predicted molar refractivity (Wildman–Crippen MR) is 75.2 cm³/mol. The van der Waals surface area contributed by atoms with Gasteiger partial charge in [-0.3, -0.25) is 4.79 Å². The number of amides is 1. The number of para-hydroxylation sites is 1. The van der Waals surface area contributed by atoms with Gasteiger partial charge in [-0.05, 0) is 36.8 Å². The summed E-state index contributed by atoms with van der Waals surface area (Å²) in [6.07, 6.45) is 1.64. The number of carbonyl (C=O) groups excluding carboxylic acids is 1. The Morgan fingerprint density at radius 1 is 1.30 bits per heavy atom. The molecule has 0 unspecified atom stereocenters. The second kappa shape index (κ2) is 4.77. The van der Waals surface area contributed by atoms with E-state index in [4.69, 9.17) is 0 Å². The van der Waals surface area contributed by atoms with Crippen LogP contribution in [0.5, 0.6) is 0 Å². The summed E-state index contributed by atoms with van der Waals surface area (Å²) >= 11 is 0. The van der Waals surface area contributed by atoms with E-state index >= 15 is 0 Å². The van der Waals surface area contributed by atoms with E-state index < -0.39 is 11.7 Å². The second-order valence-corrected chi connectivity index (χ2v) is 4.51. The molecule has 0 radical (unpaired) electrons. The molecular formula is C15H12FN3O. The summed E-state index contributed by atoms with van der Waals surface area (Å²) < 4.78 is 13.7. The SMILES string of the molecule is Cc1cccc(F)c1NC(=O)c1cc2cccnc2[nH]1. The highest BCUT2D eigenvalue weighted by Gasteiger charge is 2.13. The molecule has 4 nitrogen and oxygen atoms in total. The van der Waals surface area contributed by atoms with Crippen LogP contribution in [0, 0.1) is 12.7 Å². The Morgan fingerprint density at radius 2 is 2.15 bits per heavy atom. The average molecular weight is 269 g/mol. The number of hydrogen-bond acceptors (Lipinski definition) is 2. The number of halogens is 1. The summed E-state index contributed by atoms with van der Waals surface area (Å²) in [5.41, 5.74) is 1.85. The summed E-state index contributed by atoms with van der Waals surface area (Å²) in [6.45, 7) is 1.74. The lowest BCUT2D eigenvalue weighted by atomic mass is 10.2. The van der Waals surface area contributed by atoms with Crippen LogP contribution in [-0.4, -0.2) is 15.9 Å². The fraction of sp³-hybridized carbons (Fsp3) is 0.0667. The molecule has 0 atom stereocenters. The van der Waals surface area contributed by atoms with Gasteiger partial charge in [-0.1, -0.05) is 12.1 Å². The van der Waals surface area contributed by atoms with Crippen LogP contribution in [0.4, 0.5) is 10.1 Å². The molecule has 0 aliphatic heterocycles. The lowest BCUT2D eigenvalue weighted by Crippen LogP contribution is -2.14. The van der Waals surface area contributed by atoms with Gasteiger partial charge in [0.2, 0.25) is 0 Å². The highest BCUT2D eigenvalue weighted by Crippen LogP contribution is 2.20. The van der Waals surface area contributed by atoms with Crippen molar-refractivity contribution in [1.82, 2.24) is 9.97 Å². The van der Waals surface area contributed by atoms with E-state index in [-0.39, 0.29) is 5.69 Å². The summed E-state index contributed by atoms with van der Waals surface area (Å²) in [5.74, 6) is -0.844. The fourth-order valence-corrected chi connectivity index (χ4v) is 2.05. The molecule has 20 heavy (non-hydrogen) atoms. The van der Waals surface area contributed by atoms with E-state index in [9.17, 15) is 9.18 Å². The first-order valence-corrected chi connectivity index (χ1v) is 6.15. The maximum Gasteiger partial charge on any atom is 0.272 e. The zero-order chi connectivity index (χ0) is 14.1. The van der Waals surface area contributed by atoms with Gasteiger partial charge in [-0.25, -0.2) is 9.37 Å². The number of benzene rings is 1. The third kappa shape index (κ3) is 2.14. The van der Waals surface area contributed by atoms with Crippen molar-refractivity contribution in [1.29, 1.82) is 0 Å². The minimum absolute atomic E-state index is 0.198. The lowest BCUT2D eigenvalue weighted by molar-refractivity contribution is 0.102. The van der Waals surface area contributed by atoms with E-state index in [0.29, 0.717) is 16.9 Å². The molecule has 0 saturated carbocycles. The lowest BCUT2D eigenvalue weighted by Gasteiger charge is -2.08. The maximum absolute atomic E-state index is 13.7. The second-order valence-electron chi connectivity index (χ2n) is 4.51. The number of aromatic nitrogens is 2. The van der Waals surface area contributed by atoms with Gasteiger partial charge in [0.05, 0.1) is 5.69 Å². The van der Waals surface area contributed by atoms with E-state index in [0.717, 1.165) is 5.39 Å². The van der Waals surface area contributed by atoms with Crippen molar-refractivity contribution < 1.29 is 9.18 Å². The molecule has 0 fully saturated rings. The van der Waals surface area contributed by atoms with Crippen LogP contribution in [0.15, 0.2) is 42.6 Å². The smallest absolute Gasteiger partial charge is 0.272 e. The zero-order valence-corrected chi connectivity index (χ0v) is 10.8. The highest BCUT2D eigenvalue weighted by molar-refractivity contribution is 6.05. The third-order valence-electron chi connectivity index (χ3n) is 3.10. The van der Waals surface area contributed by atoms with Crippen LogP contribution in [-0.2, 0) is 0 Å². The molecule has 5 heteroatoms. The molecule has 100 valence electrons. The molecule has 3 rings (SSSR count). The molecule has 0 spiro atoms. The van der Waals surface area contributed by atoms with Crippen LogP contribution in [0.2, 0.25) is 0 Å². The molecule has 1 amide bonds. The Hall–Kier alpha value is -2.69. The first-order chi connectivity index (χ1) is 9.65. The molecular weight excluding hydrogens is 257 g/mol. The van der Waals surface area contributed by atoms with Crippen molar-refractivity contribution in [3.05, 3.63) is 59.7 Å². The van der Waals surface area contributed by atoms with Gasteiger partial charge in [-0.15, -0.1) is 0 Å².